The van der Waals surface area contributed by atoms with Crippen LogP contribution in [-0.2, 0) is 23.9 Å². The molecule has 1 amide bonds. The Kier molecular flexibility index (Phi) is 6.41. The first kappa shape index (κ1) is 20.4. The number of aliphatic hydroxyl groups is 1. The van der Waals surface area contributed by atoms with Crippen molar-refractivity contribution >= 4 is 33.8 Å². The van der Waals surface area contributed by atoms with Crippen LogP contribution >= 0.6 is 15.9 Å². The minimum absolute atomic E-state index is 0.0127. The van der Waals surface area contributed by atoms with Crippen LogP contribution in [0, 0.1) is 0 Å². The highest BCUT2D eigenvalue weighted by Crippen LogP contribution is 2.47. The Bertz CT molecular complexity index is 671. The Morgan fingerprint density at radius 1 is 1.15 bits per heavy atom. The number of aliphatic hydroxyl groups excluding tert-OH is 1. The second-order valence-corrected chi connectivity index (χ2v) is 6.83. The summed E-state index contributed by atoms with van der Waals surface area (Å²) >= 11 is 3.34. The summed E-state index contributed by atoms with van der Waals surface area (Å²) in [5, 5.41) is 10.5. The number of nitrogens with zero attached hydrogens (tertiary/aromatic N) is 1. The van der Waals surface area contributed by atoms with E-state index in [4.69, 9.17) is 9.47 Å². The molecule has 8 heteroatoms. The van der Waals surface area contributed by atoms with Gasteiger partial charge in [-0.3, -0.25) is 9.69 Å². The molecule has 0 spiro atoms. The fourth-order valence-electron chi connectivity index (χ4n) is 3.47. The van der Waals surface area contributed by atoms with Gasteiger partial charge in [0, 0.05) is 23.7 Å². The maximum absolute atomic E-state index is 13.0. The van der Waals surface area contributed by atoms with Crippen molar-refractivity contribution in [2.75, 3.05) is 13.2 Å². The summed E-state index contributed by atoms with van der Waals surface area (Å²) < 4.78 is 11.1. The second kappa shape index (κ2) is 8.18. The Balaban J connectivity index is 2.70. The van der Waals surface area contributed by atoms with E-state index in [0.29, 0.717) is 5.56 Å². The SMILES string of the molecule is CCOC(=O)C1(C(=O)OCC)[C@H](c2ccc(Br)cc2)C[C@@H](O)N1C(C)=O. The first-order valence-electron chi connectivity index (χ1n) is 8.38. The van der Waals surface area contributed by atoms with Gasteiger partial charge in [0.1, 0.15) is 6.23 Å². The number of amides is 1. The molecule has 0 saturated carbocycles. The van der Waals surface area contributed by atoms with Gasteiger partial charge in [-0.25, -0.2) is 9.59 Å². The van der Waals surface area contributed by atoms with Gasteiger partial charge < -0.3 is 14.6 Å². The van der Waals surface area contributed by atoms with E-state index in [0.717, 1.165) is 9.37 Å². The first-order valence-corrected chi connectivity index (χ1v) is 9.17. The summed E-state index contributed by atoms with van der Waals surface area (Å²) in [7, 11) is 0. The molecule has 2 atom stereocenters. The number of carbonyl (C=O) groups excluding carboxylic acids is 3. The first-order chi connectivity index (χ1) is 12.3. The smallest absolute Gasteiger partial charge is 0.344 e. The minimum atomic E-state index is -2.06. The number of halogens is 1. The number of carbonyl (C=O) groups is 3. The Labute approximate surface area is 160 Å². The molecule has 0 unspecified atom stereocenters. The highest BCUT2D eigenvalue weighted by molar-refractivity contribution is 9.10. The molecule has 142 valence electrons. The zero-order valence-electron chi connectivity index (χ0n) is 14.9. The van der Waals surface area contributed by atoms with Gasteiger partial charge in [-0.05, 0) is 31.5 Å². The van der Waals surface area contributed by atoms with Gasteiger partial charge in [0.25, 0.3) is 0 Å². The van der Waals surface area contributed by atoms with E-state index >= 15 is 0 Å². The van der Waals surface area contributed by atoms with Crippen molar-refractivity contribution in [2.45, 2.75) is 44.9 Å². The second-order valence-electron chi connectivity index (χ2n) is 5.92. The van der Waals surface area contributed by atoms with Gasteiger partial charge in [-0.15, -0.1) is 0 Å². The number of ether oxygens (including phenoxy) is 2. The van der Waals surface area contributed by atoms with Crippen molar-refractivity contribution in [3.05, 3.63) is 34.3 Å². The third-order valence-corrected chi connectivity index (χ3v) is 4.94. The van der Waals surface area contributed by atoms with E-state index in [2.05, 4.69) is 15.9 Å². The lowest BCUT2D eigenvalue weighted by atomic mass is 9.79. The predicted molar refractivity (Wildman–Crippen MR) is 96.0 cm³/mol. The van der Waals surface area contributed by atoms with Crippen LogP contribution in [0.25, 0.3) is 0 Å². The molecular weight excluding hydrogens is 406 g/mol. The zero-order valence-corrected chi connectivity index (χ0v) is 16.5. The van der Waals surface area contributed by atoms with E-state index in [9.17, 15) is 19.5 Å². The highest BCUT2D eigenvalue weighted by Gasteiger charge is 2.66. The summed E-state index contributed by atoms with van der Waals surface area (Å²) in [5.74, 6) is -3.22. The summed E-state index contributed by atoms with van der Waals surface area (Å²) in [5.41, 5.74) is -1.44. The lowest BCUT2D eigenvalue weighted by Crippen LogP contribution is -2.63. The van der Waals surface area contributed by atoms with Crippen molar-refractivity contribution in [3.8, 4) is 0 Å². The van der Waals surface area contributed by atoms with Crippen molar-refractivity contribution in [2.24, 2.45) is 0 Å². The molecule has 1 heterocycles. The summed E-state index contributed by atoms with van der Waals surface area (Å²) in [4.78, 5) is 39.1. The molecule has 1 aromatic carbocycles. The van der Waals surface area contributed by atoms with Crippen molar-refractivity contribution in [1.82, 2.24) is 4.90 Å². The highest BCUT2D eigenvalue weighted by atomic mass is 79.9. The molecule has 1 aliphatic rings. The van der Waals surface area contributed by atoms with Crippen molar-refractivity contribution in [3.63, 3.8) is 0 Å². The maximum atomic E-state index is 13.0. The van der Waals surface area contributed by atoms with Crippen LogP contribution in [0.2, 0.25) is 0 Å². The van der Waals surface area contributed by atoms with E-state index in [1.807, 2.05) is 0 Å². The van der Waals surface area contributed by atoms with Gasteiger partial charge in [0.2, 0.25) is 11.4 Å². The lowest BCUT2D eigenvalue weighted by molar-refractivity contribution is -0.182. The van der Waals surface area contributed by atoms with Crippen LogP contribution in [-0.4, -0.2) is 52.8 Å². The number of hydrogen-bond donors (Lipinski definition) is 1. The quantitative estimate of drug-likeness (QED) is 0.570. The van der Waals surface area contributed by atoms with Crippen molar-refractivity contribution < 1.29 is 29.0 Å². The van der Waals surface area contributed by atoms with Crippen LogP contribution in [0.15, 0.2) is 28.7 Å². The van der Waals surface area contributed by atoms with Gasteiger partial charge in [0.15, 0.2) is 0 Å². The lowest BCUT2D eigenvalue weighted by Gasteiger charge is -2.37. The number of benzene rings is 1. The van der Waals surface area contributed by atoms with Gasteiger partial charge in [-0.1, -0.05) is 28.1 Å². The molecule has 0 bridgehead atoms. The van der Waals surface area contributed by atoms with E-state index < -0.39 is 35.5 Å². The Hall–Kier alpha value is -1.93. The molecule has 1 aromatic rings. The molecule has 1 N–H and O–H groups in total. The minimum Gasteiger partial charge on any atom is -0.464 e. The van der Waals surface area contributed by atoms with E-state index in [1.54, 1.807) is 38.1 Å². The fraction of sp³-hybridized carbons (Fsp3) is 0.500. The zero-order chi connectivity index (χ0) is 19.5. The number of hydrogen-bond acceptors (Lipinski definition) is 6. The van der Waals surface area contributed by atoms with Crippen molar-refractivity contribution in [1.29, 1.82) is 0 Å². The summed E-state index contributed by atoms with van der Waals surface area (Å²) in [6, 6.07) is 7.00. The summed E-state index contributed by atoms with van der Waals surface area (Å²) in [6.45, 7) is 4.45. The molecule has 1 aliphatic heterocycles. The average molecular weight is 428 g/mol. The van der Waals surface area contributed by atoms with Gasteiger partial charge in [-0.2, -0.15) is 0 Å². The van der Waals surface area contributed by atoms with Crippen LogP contribution < -0.4 is 0 Å². The van der Waals surface area contributed by atoms with Crippen LogP contribution in [0.3, 0.4) is 0 Å². The number of rotatable bonds is 5. The largest absolute Gasteiger partial charge is 0.464 e. The predicted octanol–water partition coefficient (Wildman–Crippen LogP) is 1.97. The Morgan fingerprint density at radius 3 is 2.08 bits per heavy atom. The fourth-order valence-corrected chi connectivity index (χ4v) is 3.73. The Morgan fingerprint density at radius 2 is 1.65 bits per heavy atom. The summed E-state index contributed by atoms with van der Waals surface area (Å²) in [6.07, 6.45) is -1.30. The molecular formula is C18H22BrNO6. The molecule has 7 nitrogen and oxygen atoms in total. The third kappa shape index (κ3) is 3.35. The van der Waals surface area contributed by atoms with Gasteiger partial charge >= 0.3 is 11.9 Å². The van der Waals surface area contributed by atoms with E-state index in [1.165, 1.54) is 6.92 Å². The molecule has 0 radical (unpaired) electrons. The molecule has 0 aliphatic carbocycles. The normalized spacial score (nSPS) is 21.3. The average Bonchev–Trinajstić information content (AvgIpc) is 2.90. The number of esters is 2. The van der Waals surface area contributed by atoms with Crippen LogP contribution in [0.5, 0.6) is 0 Å². The third-order valence-electron chi connectivity index (χ3n) is 4.41. The van der Waals surface area contributed by atoms with Gasteiger partial charge in [0.05, 0.1) is 13.2 Å². The maximum Gasteiger partial charge on any atom is 0.344 e. The topological polar surface area (TPSA) is 93.1 Å². The standard InChI is InChI=1S/C18H22BrNO6/c1-4-25-16(23)18(17(24)26-5-2)14(10-15(22)20(18)11(3)21)12-6-8-13(19)9-7-12/h6-9,14-15,22H,4-5,10H2,1-3H3/t14-,15+/m0/s1. The molecule has 1 fully saturated rings. The van der Waals surface area contributed by atoms with Crippen LogP contribution in [0.4, 0.5) is 0 Å². The monoisotopic (exact) mass is 427 g/mol. The molecule has 2 rings (SSSR count). The molecule has 26 heavy (non-hydrogen) atoms. The van der Waals surface area contributed by atoms with E-state index in [-0.39, 0.29) is 19.6 Å². The number of likely N-dealkylation sites (tertiary alicyclic amines) is 1. The molecule has 1 saturated heterocycles. The van der Waals surface area contributed by atoms with Crippen LogP contribution in [0.1, 0.15) is 38.7 Å². The molecule has 0 aromatic heterocycles.